The standard InChI is InChI=1S/C48H56N4O8/c1-9-27-29(11-3)39-25-43-33-21-35(47(55)59-15-7)36(48(56)60-16-8)22-34(33)44(52-43)26-40-30(12-4)28(10-2)38(50-40)24-42-32(18-20-46(54)58-14-6)31(17-19-45(53)57-13-5)41(51-42)23-37(27)49-39/h21-26,49-50H,9-20H2,1-8H3. The van der Waals surface area contributed by atoms with Crippen LogP contribution in [0, 0.1) is 0 Å². The lowest BCUT2D eigenvalue weighted by molar-refractivity contribution is -0.143. The molecule has 0 saturated heterocycles. The van der Waals surface area contributed by atoms with Gasteiger partial charge in [-0.05, 0) is 136 Å². The molecule has 0 aliphatic carbocycles. The van der Waals surface area contributed by atoms with E-state index in [9.17, 15) is 19.2 Å². The quantitative estimate of drug-likeness (QED) is 0.0724. The second kappa shape index (κ2) is 19.4. The number of nitrogens with one attached hydrogen (secondary N) is 2. The second-order valence-electron chi connectivity index (χ2n) is 14.5. The summed E-state index contributed by atoms with van der Waals surface area (Å²) in [5, 5.41) is 0. The number of hydrogen-bond acceptors (Lipinski definition) is 10. The van der Waals surface area contributed by atoms with Crippen LogP contribution in [0.1, 0.15) is 135 Å². The van der Waals surface area contributed by atoms with E-state index >= 15 is 0 Å². The van der Waals surface area contributed by atoms with E-state index in [0.29, 0.717) is 46.7 Å². The summed E-state index contributed by atoms with van der Waals surface area (Å²) in [6.07, 6.45) is 3.94. The van der Waals surface area contributed by atoms with Crippen LogP contribution in [0.2, 0.25) is 0 Å². The van der Waals surface area contributed by atoms with E-state index in [1.807, 2.05) is 24.3 Å². The predicted molar refractivity (Wildman–Crippen MR) is 233 cm³/mol. The first-order valence-electron chi connectivity index (χ1n) is 21.4. The summed E-state index contributed by atoms with van der Waals surface area (Å²) in [7, 11) is 0. The molecule has 0 spiro atoms. The Morgan fingerprint density at radius 3 is 1.08 bits per heavy atom. The van der Waals surface area contributed by atoms with Crippen molar-refractivity contribution in [2.45, 2.75) is 107 Å². The molecule has 12 heteroatoms. The van der Waals surface area contributed by atoms with Gasteiger partial charge >= 0.3 is 23.9 Å². The van der Waals surface area contributed by atoms with Gasteiger partial charge in [0.05, 0.1) is 60.3 Å². The number of H-pyrrole nitrogens is 2. The minimum atomic E-state index is -0.620. The van der Waals surface area contributed by atoms with Crippen LogP contribution >= 0.6 is 0 Å². The Balaban J connectivity index is 1.75. The zero-order valence-electron chi connectivity index (χ0n) is 36.1. The van der Waals surface area contributed by atoms with Crippen molar-refractivity contribution in [1.29, 1.82) is 0 Å². The van der Waals surface area contributed by atoms with Crippen molar-refractivity contribution >= 4 is 57.1 Å². The first kappa shape index (κ1) is 43.5. The molecule has 2 aliphatic heterocycles. The van der Waals surface area contributed by atoms with Crippen molar-refractivity contribution in [1.82, 2.24) is 19.9 Å². The van der Waals surface area contributed by atoms with Crippen molar-refractivity contribution in [3.8, 4) is 22.5 Å². The number of rotatable bonds is 16. The molecule has 5 heterocycles. The van der Waals surface area contributed by atoms with Gasteiger partial charge in [0.1, 0.15) is 0 Å². The third-order valence-corrected chi connectivity index (χ3v) is 11.0. The molecular formula is C48H56N4O8. The van der Waals surface area contributed by atoms with E-state index in [-0.39, 0.29) is 62.3 Å². The molecule has 2 N–H and O–H groups in total. The van der Waals surface area contributed by atoms with Crippen molar-refractivity contribution in [2.75, 3.05) is 26.4 Å². The Bertz CT molecular complexity index is 2360. The molecular weight excluding hydrogens is 761 g/mol. The van der Waals surface area contributed by atoms with Crippen LogP contribution in [-0.4, -0.2) is 70.2 Å². The number of hydrogen-bond donors (Lipinski definition) is 2. The van der Waals surface area contributed by atoms with Gasteiger partial charge in [-0.25, -0.2) is 19.6 Å². The number of carbonyl (C=O) groups is 4. The first-order valence-corrected chi connectivity index (χ1v) is 21.4. The van der Waals surface area contributed by atoms with E-state index in [1.165, 1.54) is 0 Å². The van der Waals surface area contributed by atoms with Gasteiger partial charge in [-0.2, -0.15) is 0 Å². The average molecular weight is 817 g/mol. The fraction of sp³-hybridized carbons (Fsp3) is 0.417. The maximum Gasteiger partial charge on any atom is 0.339 e. The Morgan fingerprint density at radius 2 is 0.767 bits per heavy atom. The summed E-state index contributed by atoms with van der Waals surface area (Å²) in [6, 6.07) is 11.5. The van der Waals surface area contributed by atoms with Crippen LogP contribution in [0.3, 0.4) is 0 Å². The van der Waals surface area contributed by atoms with Crippen LogP contribution in [0.15, 0.2) is 36.4 Å². The van der Waals surface area contributed by atoms with Gasteiger partial charge in [0, 0.05) is 46.0 Å². The van der Waals surface area contributed by atoms with E-state index in [1.54, 1.807) is 39.8 Å². The predicted octanol–water partition coefficient (Wildman–Crippen LogP) is 9.85. The van der Waals surface area contributed by atoms with Crippen molar-refractivity contribution < 1.29 is 38.1 Å². The molecule has 60 heavy (non-hydrogen) atoms. The summed E-state index contributed by atoms with van der Waals surface area (Å²) in [5.74, 6) is -1.85. The number of nitrogens with zero attached hydrogens (tertiary/aromatic N) is 2. The fourth-order valence-electron chi connectivity index (χ4n) is 8.44. The van der Waals surface area contributed by atoms with E-state index < -0.39 is 11.9 Å². The Labute approximate surface area is 351 Å². The molecule has 0 unspecified atom stereocenters. The highest BCUT2D eigenvalue weighted by Crippen LogP contribution is 2.41. The smallest absolute Gasteiger partial charge is 0.339 e. The number of esters is 4. The Hall–Kier alpha value is -6.04. The summed E-state index contributed by atoms with van der Waals surface area (Å²) < 4.78 is 21.6. The van der Waals surface area contributed by atoms with Gasteiger partial charge in [0.2, 0.25) is 0 Å². The molecule has 8 bridgehead atoms. The van der Waals surface area contributed by atoms with Gasteiger partial charge in [-0.1, -0.05) is 27.7 Å². The second-order valence-corrected chi connectivity index (χ2v) is 14.5. The lowest BCUT2D eigenvalue weighted by Gasteiger charge is -2.11. The molecule has 0 fully saturated rings. The topological polar surface area (TPSA) is 163 Å². The number of carbonyl (C=O) groups excluding carboxylic acids is 4. The number of aromatic amines is 2. The van der Waals surface area contributed by atoms with Crippen LogP contribution in [-0.2, 0) is 54.2 Å². The fourth-order valence-corrected chi connectivity index (χ4v) is 8.44. The highest BCUT2D eigenvalue weighted by atomic mass is 16.5. The monoisotopic (exact) mass is 816 g/mol. The number of allylic oxidation sites excluding steroid dienone is 2. The summed E-state index contributed by atoms with van der Waals surface area (Å²) >= 11 is 0. The van der Waals surface area contributed by atoms with Crippen molar-refractivity contribution in [2.24, 2.45) is 0 Å². The van der Waals surface area contributed by atoms with Gasteiger partial charge in [0.25, 0.3) is 0 Å². The van der Waals surface area contributed by atoms with Crippen LogP contribution < -0.4 is 0 Å². The molecule has 1 aromatic carbocycles. The average Bonchev–Trinajstić information content (AvgIpc) is 3.95. The number of benzene rings is 1. The van der Waals surface area contributed by atoms with E-state index in [2.05, 4.69) is 37.7 Å². The summed E-state index contributed by atoms with van der Waals surface area (Å²) in [4.78, 5) is 70.3. The molecule has 0 amide bonds. The highest BCUT2D eigenvalue weighted by molar-refractivity contribution is 6.07. The zero-order chi connectivity index (χ0) is 43.1. The minimum Gasteiger partial charge on any atom is -0.466 e. The Morgan fingerprint density at radius 1 is 0.450 bits per heavy atom. The van der Waals surface area contributed by atoms with Gasteiger partial charge in [-0.15, -0.1) is 0 Å². The van der Waals surface area contributed by atoms with E-state index in [4.69, 9.17) is 28.9 Å². The lowest BCUT2D eigenvalue weighted by atomic mass is 9.95. The molecule has 12 nitrogen and oxygen atoms in total. The maximum atomic E-state index is 13.4. The molecule has 3 aromatic heterocycles. The maximum absolute atomic E-state index is 13.4. The largest absolute Gasteiger partial charge is 0.466 e. The normalized spacial score (nSPS) is 12.0. The number of aryl methyl sites for hydroxylation is 4. The number of fused-ring (bicyclic) bond motifs is 11. The number of ether oxygens (including phenoxy) is 4. The van der Waals surface area contributed by atoms with Gasteiger partial charge < -0.3 is 28.9 Å². The van der Waals surface area contributed by atoms with E-state index in [0.717, 1.165) is 81.2 Å². The minimum absolute atomic E-state index is 0.110. The SMILES string of the molecule is CCOC(=O)CCC1=C(CCC(=O)OCC)c2cc3[nH]c(cc4nc(cc5[nH]c(cc1n2)c(CC)c5CC)-c1cc(C(=O)OCC)c(C(=O)OCC)cc1-4)c(CC)c3CC. The summed E-state index contributed by atoms with van der Waals surface area (Å²) in [6.45, 7) is 16.3. The highest BCUT2D eigenvalue weighted by Gasteiger charge is 2.28. The van der Waals surface area contributed by atoms with Crippen LogP contribution in [0.25, 0.3) is 55.7 Å². The first-order chi connectivity index (χ1) is 29.0. The van der Waals surface area contributed by atoms with Crippen molar-refractivity contribution in [3.05, 3.63) is 81.2 Å². The van der Waals surface area contributed by atoms with Gasteiger partial charge in [-0.3, -0.25) is 9.59 Å². The summed E-state index contributed by atoms with van der Waals surface area (Å²) in [5.41, 5.74) is 13.9. The molecule has 4 aromatic rings. The third-order valence-electron chi connectivity index (χ3n) is 11.0. The van der Waals surface area contributed by atoms with Crippen molar-refractivity contribution in [3.63, 3.8) is 0 Å². The molecule has 0 radical (unpaired) electrons. The Kier molecular flexibility index (Phi) is 14.0. The lowest BCUT2D eigenvalue weighted by Crippen LogP contribution is -2.14. The van der Waals surface area contributed by atoms with Crippen LogP contribution in [0.5, 0.6) is 0 Å². The zero-order valence-corrected chi connectivity index (χ0v) is 36.1. The van der Waals surface area contributed by atoms with Gasteiger partial charge in [0.15, 0.2) is 0 Å². The van der Waals surface area contributed by atoms with Crippen LogP contribution in [0.4, 0.5) is 0 Å². The molecule has 6 rings (SSSR count). The molecule has 2 aliphatic rings. The third kappa shape index (κ3) is 8.78. The number of aromatic nitrogens is 4. The molecule has 0 atom stereocenters. The molecule has 0 saturated carbocycles. The molecule has 316 valence electrons.